The number of oxazole rings is 1. The molecule has 0 aliphatic heterocycles. The van der Waals surface area contributed by atoms with E-state index in [1.807, 2.05) is 60.7 Å². The minimum atomic E-state index is 0.328. The van der Waals surface area contributed by atoms with E-state index < -0.39 is 0 Å². The maximum absolute atomic E-state index is 6.18. The quantitative estimate of drug-likeness (QED) is 0.171. The molecule has 13 rings (SSSR count). The predicted octanol–water partition coefficient (Wildman–Crippen LogP) is 12.2. The third kappa shape index (κ3) is 5.01. The number of aromatic nitrogens is 5. The zero-order valence-corrected chi connectivity index (χ0v) is 31.0. The van der Waals surface area contributed by atoms with Gasteiger partial charge < -0.3 is 8.98 Å². The molecular weight excluding hydrogens is 687 g/mol. The van der Waals surface area contributed by atoms with E-state index in [2.05, 4.69) is 83.4 Å². The molecule has 6 heteroatoms. The van der Waals surface area contributed by atoms with Crippen LogP contribution in [0.1, 0.15) is 44.1 Å². The van der Waals surface area contributed by atoms with Gasteiger partial charge in [-0.25, -0.2) is 19.9 Å². The highest BCUT2D eigenvalue weighted by Crippen LogP contribution is 2.61. The number of hydrogen-bond donors (Lipinski definition) is 0. The highest BCUT2D eigenvalue weighted by Gasteiger charge is 2.51. The lowest BCUT2D eigenvalue weighted by Crippen LogP contribution is -2.48. The van der Waals surface area contributed by atoms with Crippen LogP contribution in [0.4, 0.5) is 0 Å². The van der Waals surface area contributed by atoms with Gasteiger partial charge in [0.1, 0.15) is 5.52 Å². The summed E-state index contributed by atoms with van der Waals surface area (Å²) in [5.41, 5.74) is 11.6. The van der Waals surface area contributed by atoms with Crippen LogP contribution in [0.5, 0.6) is 0 Å². The number of nitrogens with zero attached hydrogens (tertiary/aromatic N) is 5. The smallest absolute Gasteiger partial charge is 0.182 e. The molecule has 0 saturated heterocycles. The van der Waals surface area contributed by atoms with Crippen LogP contribution in [0.2, 0.25) is 0 Å². The van der Waals surface area contributed by atoms with Gasteiger partial charge in [0.25, 0.3) is 0 Å². The molecule has 6 aromatic carbocycles. The molecule has 0 amide bonds. The highest BCUT2D eigenvalue weighted by atomic mass is 16.3. The fourth-order valence-electron chi connectivity index (χ4n) is 11.1. The zero-order valence-electron chi connectivity index (χ0n) is 31.0. The summed E-state index contributed by atoms with van der Waals surface area (Å²) in [5, 5.41) is 2.55. The van der Waals surface area contributed by atoms with Crippen molar-refractivity contribution in [3.63, 3.8) is 0 Å². The predicted molar refractivity (Wildman–Crippen MR) is 223 cm³/mol. The summed E-state index contributed by atoms with van der Waals surface area (Å²) in [7, 11) is 0. The molecule has 3 aromatic heterocycles. The second-order valence-corrected chi connectivity index (χ2v) is 16.6. The first kappa shape index (κ1) is 31.9. The average molecular weight is 726 g/mol. The molecular formula is C50H39N5O. The van der Waals surface area contributed by atoms with Crippen molar-refractivity contribution >= 4 is 32.9 Å². The molecule has 4 saturated carbocycles. The minimum Gasteiger partial charge on any atom is -0.443 e. The third-order valence-electron chi connectivity index (χ3n) is 13.2. The second-order valence-electron chi connectivity index (χ2n) is 16.6. The number of benzene rings is 6. The zero-order chi connectivity index (χ0) is 36.8. The van der Waals surface area contributed by atoms with Gasteiger partial charge in [-0.15, -0.1) is 0 Å². The Morgan fingerprint density at radius 2 is 1.07 bits per heavy atom. The fourth-order valence-corrected chi connectivity index (χ4v) is 11.1. The summed E-state index contributed by atoms with van der Waals surface area (Å²) in [6.07, 6.45) is 9.95. The van der Waals surface area contributed by atoms with Crippen molar-refractivity contribution in [1.82, 2.24) is 24.5 Å². The Hall–Kier alpha value is -6.40. The van der Waals surface area contributed by atoms with Crippen LogP contribution in [0.15, 0.2) is 150 Å². The van der Waals surface area contributed by atoms with Crippen molar-refractivity contribution in [1.29, 1.82) is 0 Å². The lowest BCUT2D eigenvalue weighted by Gasteiger charge is -2.57. The summed E-state index contributed by atoms with van der Waals surface area (Å²) >= 11 is 0. The van der Waals surface area contributed by atoms with Gasteiger partial charge in [-0.05, 0) is 103 Å². The van der Waals surface area contributed by atoms with E-state index >= 15 is 0 Å². The molecule has 0 atom stereocenters. The Kier molecular flexibility index (Phi) is 7.01. The van der Waals surface area contributed by atoms with Crippen molar-refractivity contribution in [2.75, 3.05) is 0 Å². The molecule has 4 bridgehead atoms. The Morgan fingerprint density at radius 3 is 1.71 bits per heavy atom. The molecule has 0 unspecified atom stereocenters. The molecule has 0 N–H and O–H groups in total. The molecule has 4 aliphatic carbocycles. The first-order valence-corrected chi connectivity index (χ1v) is 20.0. The SMILES string of the molecule is c1ccc(-c2nc(-c3ccccc3)nc(-c3ccc(-c4ccc5c6ccc(C78CC9CC(CC(C9)C7)C8)cc6n(-c6ccccc6)c5c4)c4ncoc34)n2)cc1. The van der Waals surface area contributed by atoms with Gasteiger partial charge in [0, 0.05) is 33.2 Å². The molecule has 270 valence electrons. The highest BCUT2D eigenvalue weighted by molar-refractivity contribution is 6.11. The van der Waals surface area contributed by atoms with Gasteiger partial charge in [-0.3, -0.25) is 0 Å². The molecule has 0 spiro atoms. The van der Waals surface area contributed by atoms with Crippen LogP contribution in [-0.2, 0) is 5.41 Å². The molecule has 6 nitrogen and oxygen atoms in total. The number of hydrogen-bond acceptors (Lipinski definition) is 5. The fraction of sp³-hybridized carbons (Fsp3) is 0.200. The Balaban J connectivity index is 1.01. The van der Waals surface area contributed by atoms with E-state index in [9.17, 15) is 0 Å². The van der Waals surface area contributed by atoms with Gasteiger partial charge in [0.15, 0.2) is 29.4 Å². The van der Waals surface area contributed by atoms with Crippen LogP contribution in [-0.4, -0.2) is 24.5 Å². The largest absolute Gasteiger partial charge is 0.443 e. The third-order valence-corrected chi connectivity index (χ3v) is 13.2. The van der Waals surface area contributed by atoms with E-state index in [-0.39, 0.29) is 0 Å². The average Bonchev–Trinajstić information content (AvgIpc) is 3.87. The monoisotopic (exact) mass is 725 g/mol. The Morgan fingerprint density at radius 1 is 0.518 bits per heavy atom. The van der Waals surface area contributed by atoms with Gasteiger partial charge in [-0.2, -0.15) is 0 Å². The van der Waals surface area contributed by atoms with Crippen LogP contribution in [0.25, 0.3) is 83.9 Å². The molecule has 0 radical (unpaired) electrons. The number of fused-ring (bicyclic) bond motifs is 4. The molecule has 3 heterocycles. The van der Waals surface area contributed by atoms with Crippen molar-refractivity contribution in [2.45, 2.75) is 43.9 Å². The normalized spacial score (nSPS) is 21.4. The second kappa shape index (κ2) is 12.3. The van der Waals surface area contributed by atoms with E-state index in [1.54, 1.807) is 5.56 Å². The Labute approximate surface area is 324 Å². The summed E-state index contributed by atoms with van der Waals surface area (Å²) in [5.74, 6) is 4.47. The topological polar surface area (TPSA) is 69.6 Å². The summed E-state index contributed by atoms with van der Waals surface area (Å²) in [6.45, 7) is 0. The first-order chi connectivity index (χ1) is 27.7. The number of rotatable bonds is 6. The lowest BCUT2D eigenvalue weighted by atomic mass is 9.48. The van der Waals surface area contributed by atoms with E-state index in [1.165, 1.54) is 72.4 Å². The van der Waals surface area contributed by atoms with Crippen LogP contribution in [0.3, 0.4) is 0 Å². The lowest BCUT2D eigenvalue weighted by molar-refractivity contribution is -0.00513. The standard InChI is InChI=1S/C50H39N5O/c1-4-10-34(11-5-1)47-52-48(35-12-6-2-7-13-35)54-49(53-47)42-21-20-39(45-46(42)56-30-51-45)36-16-18-40-41-19-17-37(50-27-31-22-32(28-50)24-33(23-31)29-50)26-44(41)55(43(40)25-36)38-14-8-3-9-15-38/h1-21,25-26,30-33H,22-24,27-29H2. The summed E-state index contributed by atoms with van der Waals surface area (Å²) < 4.78 is 8.66. The van der Waals surface area contributed by atoms with Crippen molar-refractivity contribution in [3.05, 3.63) is 151 Å². The van der Waals surface area contributed by atoms with Gasteiger partial charge in [0.05, 0.1) is 16.6 Å². The Bertz CT molecular complexity index is 2860. The molecule has 4 aliphatic rings. The molecule has 4 fully saturated rings. The maximum Gasteiger partial charge on any atom is 0.182 e. The van der Waals surface area contributed by atoms with Gasteiger partial charge >= 0.3 is 0 Å². The van der Waals surface area contributed by atoms with Crippen LogP contribution < -0.4 is 0 Å². The van der Waals surface area contributed by atoms with Crippen LogP contribution in [0, 0.1) is 17.8 Å². The van der Waals surface area contributed by atoms with Crippen molar-refractivity contribution < 1.29 is 4.42 Å². The van der Waals surface area contributed by atoms with Crippen molar-refractivity contribution in [3.8, 4) is 51.0 Å². The minimum absolute atomic E-state index is 0.328. The van der Waals surface area contributed by atoms with E-state index in [0.717, 1.165) is 51.1 Å². The first-order valence-electron chi connectivity index (χ1n) is 20.0. The molecule has 9 aromatic rings. The van der Waals surface area contributed by atoms with Crippen LogP contribution >= 0.6 is 0 Å². The molecule has 56 heavy (non-hydrogen) atoms. The summed E-state index contributed by atoms with van der Waals surface area (Å²) in [4.78, 5) is 19.7. The van der Waals surface area contributed by atoms with E-state index in [4.69, 9.17) is 24.4 Å². The van der Waals surface area contributed by atoms with Gasteiger partial charge in [-0.1, -0.05) is 109 Å². The van der Waals surface area contributed by atoms with Crippen molar-refractivity contribution in [2.24, 2.45) is 17.8 Å². The maximum atomic E-state index is 6.18. The van der Waals surface area contributed by atoms with E-state index in [0.29, 0.717) is 28.5 Å². The summed E-state index contributed by atoms with van der Waals surface area (Å²) in [6, 6.07) is 49.5. The number of para-hydroxylation sites is 1. The van der Waals surface area contributed by atoms with Gasteiger partial charge in [0.2, 0.25) is 0 Å².